The van der Waals surface area contributed by atoms with E-state index in [9.17, 15) is 4.79 Å². The first-order valence-electron chi connectivity index (χ1n) is 6.07. The summed E-state index contributed by atoms with van der Waals surface area (Å²) in [6, 6.07) is 1.79. The van der Waals surface area contributed by atoms with Crippen molar-refractivity contribution in [2.24, 2.45) is 0 Å². The average Bonchev–Trinajstić information content (AvgIpc) is 2.97. The van der Waals surface area contributed by atoms with E-state index in [1.807, 2.05) is 20.8 Å². The number of hydrogen-bond acceptors (Lipinski definition) is 5. The predicted molar refractivity (Wildman–Crippen MR) is 67.5 cm³/mol. The molecule has 102 valence electrons. The highest BCUT2D eigenvalue weighted by atomic mass is 16.5. The number of carbonyl (C=O) groups excluding carboxylic acids is 1. The highest BCUT2D eigenvalue weighted by Gasteiger charge is 2.19. The summed E-state index contributed by atoms with van der Waals surface area (Å²) in [7, 11) is 1.68. The van der Waals surface area contributed by atoms with Crippen LogP contribution in [0.4, 0.5) is 0 Å². The van der Waals surface area contributed by atoms with E-state index in [1.54, 1.807) is 13.1 Å². The van der Waals surface area contributed by atoms with Gasteiger partial charge in [0.05, 0.1) is 6.54 Å². The van der Waals surface area contributed by atoms with Crippen molar-refractivity contribution in [1.29, 1.82) is 0 Å². The Morgan fingerprint density at radius 3 is 2.79 bits per heavy atom. The number of aromatic nitrogens is 4. The van der Waals surface area contributed by atoms with Crippen molar-refractivity contribution in [3.8, 4) is 0 Å². The van der Waals surface area contributed by atoms with Crippen LogP contribution >= 0.6 is 0 Å². The summed E-state index contributed by atoms with van der Waals surface area (Å²) in [6.07, 6.45) is 0. The first kappa shape index (κ1) is 13.3. The number of H-pyrrole nitrogens is 1. The van der Waals surface area contributed by atoms with Gasteiger partial charge in [0.15, 0.2) is 0 Å². The average molecular weight is 263 g/mol. The van der Waals surface area contributed by atoms with E-state index in [4.69, 9.17) is 4.52 Å². The molecular formula is C12H17N5O2. The van der Waals surface area contributed by atoms with Gasteiger partial charge in [-0.3, -0.25) is 9.89 Å². The molecule has 7 nitrogen and oxygen atoms in total. The standard InChI is InChI=1S/C12H17N5O2/c1-7(2)10-13-11(15-14-10)12(18)17(4)6-9-5-8(3)19-16-9/h5,7H,6H2,1-4H3,(H,13,14,15). The monoisotopic (exact) mass is 263 g/mol. The zero-order valence-corrected chi connectivity index (χ0v) is 11.5. The second-order valence-electron chi connectivity index (χ2n) is 4.79. The van der Waals surface area contributed by atoms with Crippen molar-refractivity contribution in [1.82, 2.24) is 25.2 Å². The summed E-state index contributed by atoms with van der Waals surface area (Å²) in [5.41, 5.74) is 0.702. The molecule has 2 heterocycles. The SMILES string of the molecule is Cc1cc(CN(C)C(=O)c2n[nH]c(C(C)C)n2)no1. The van der Waals surface area contributed by atoms with Crippen LogP contribution in [-0.4, -0.2) is 38.2 Å². The fraction of sp³-hybridized carbons (Fsp3) is 0.500. The van der Waals surface area contributed by atoms with Crippen molar-refractivity contribution in [3.63, 3.8) is 0 Å². The molecule has 0 spiro atoms. The van der Waals surface area contributed by atoms with E-state index in [2.05, 4.69) is 20.3 Å². The normalized spacial score (nSPS) is 11.0. The Kier molecular flexibility index (Phi) is 3.64. The number of nitrogens with zero attached hydrogens (tertiary/aromatic N) is 4. The Morgan fingerprint density at radius 2 is 2.26 bits per heavy atom. The number of rotatable bonds is 4. The second kappa shape index (κ2) is 5.21. The van der Waals surface area contributed by atoms with Gasteiger partial charge in [-0.25, -0.2) is 4.98 Å². The van der Waals surface area contributed by atoms with Crippen LogP contribution in [0.5, 0.6) is 0 Å². The Morgan fingerprint density at radius 1 is 1.53 bits per heavy atom. The maximum Gasteiger partial charge on any atom is 0.293 e. The van der Waals surface area contributed by atoms with Gasteiger partial charge in [0.2, 0.25) is 5.82 Å². The first-order valence-corrected chi connectivity index (χ1v) is 6.07. The van der Waals surface area contributed by atoms with E-state index in [1.165, 1.54) is 4.90 Å². The molecule has 0 unspecified atom stereocenters. The molecule has 0 aliphatic carbocycles. The highest BCUT2D eigenvalue weighted by Crippen LogP contribution is 2.10. The van der Waals surface area contributed by atoms with Crippen LogP contribution in [-0.2, 0) is 6.54 Å². The number of aryl methyl sites for hydroxylation is 1. The predicted octanol–water partition coefficient (Wildman–Crippen LogP) is 1.50. The Balaban J connectivity index is 2.05. The Bertz CT molecular complexity index is 572. The summed E-state index contributed by atoms with van der Waals surface area (Å²) in [5, 5.41) is 10.5. The molecule has 1 N–H and O–H groups in total. The molecule has 2 rings (SSSR count). The molecule has 19 heavy (non-hydrogen) atoms. The lowest BCUT2D eigenvalue weighted by molar-refractivity contribution is 0.0770. The molecule has 0 saturated carbocycles. The number of nitrogens with one attached hydrogen (secondary N) is 1. The number of hydrogen-bond donors (Lipinski definition) is 1. The molecule has 7 heteroatoms. The molecule has 0 bridgehead atoms. The zero-order chi connectivity index (χ0) is 14.0. The van der Waals surface area contributed by atoms with Gasteiger partial charge >= 0.3 is 0 Å². The molecule has 0 saturated heterocycles. The fourth-order valence-electron chi connectivity index (χ4n) is 1.61. The van der Waals surface area contributed by atoms with Gasteiger partial charge in [-0.2, -0.15) is 0 Å². The van der Waals surface area contributed by atoms with Gasteiger partial charge in [0.25, 0.3) is 5.91 Å². The lowest BCUT2D eigenvalue weighted by atomic mass is 10.2. The van der Waals surface area contributed by atoms with Crippen LogP contribution in [0.3, 0.4) is 0 Å². The van der Waals surface area contributed by atoms with Gasteiger partial charge < -0.3 is 9.42 Å². The quantitative estimate of drug-likeness (QED) is 0.903. The second-order valence-corrected chi connectivity index (χ2v) is 4.79. The topological polar surface area (TPSA) is 87.9 Å². The highest BCUT2D eigenvalue weighted by molar-refractivity contribution is 5.90. The van der Waals surface area contributed by atoms with E-state index in [0.29, 0.717) is 18.1 Å². The number of amides is 1. The van der Waals surface area contributed by atoms with Crippen LogP contribution in [0.25, 0.3) is 0 Å². The molecule has 1 amide bonds. The van der Waals surface area contributed by atoms with Crippen molar-refractivity contribution < 1.29 is 9.32 Å². The summed E-state index contributed by atoms with van der Waals surface area (Å²) >= 11 is 0. The molecule has 0 fully saturated rings. The van der Waals surface area contributed by atoms with Crippen LogP contribution in [0.1, 0.15) is 47.7 Å². The van der Waals surface area contributed by atoms with Gasteiger partial charge in [-0.1, -0.05) is 19.0 Å². The zero-order valence-electron chi connectivity index (χ0n) is 11.5. The fourth-order valence-corrected chi connectivity index (χ4v) is 1.61. The van der Waals surface area contributed by atoms with Crippen molar-refractivity contribution in [3.05, 3.63) is 29.2 Å². The minimum atomic E-state index is -0.246. The molecule has 0 radical (unpaired) electrons. The van der Waals surface area contributed by atoms with E-state index in [-0.39, 0.29) is 17.6 Å². The summed E-state index contributed by atoms with van der Waals surface area (Å²) in [6.45, 7) is 6.14. The van der Waals surface area contributed by atoms with Gasteiger partial charge in [0.1, 0.15) is 17.3 Å². The van der Waals surface area contributed by atoms with Gasteiger partial charge in [-0.05, 0) is 6.92 Å². The summed E-state index contributed by atoms with van der Waals surface area (Å²) in [5.74, 6) is 1.55. The molecule has 2 aromatic heterocycles. The van der Waals surface area contributed by atoms with Gasteiger partial charge in [-0.15, -0.1) is 5.10 Å². The van der Waals surface area contributed by atoms with Crippen LogP contribution in [0, 0.1) is 6.92 Å². The number of aromatic amines is 1. The Hall–Kier alpha value is -2.18. The van der Waals surface area contributed by atoms with Crippen molar-refractivity contribution in [2.45, 2.75) is 33.2 Å². The Labute approximate surface area is 111 Å². The van der Waals surface area contributed by atoms with Crippen LogP contribution in [0.2, 0.25) is 0 Å². The minimum Gasteiger partial charge on any atom is -0.361 e. The van der Waals surface area contributed by atoms with E-state index in [0.717, 1.165) is 5.76 Å². The lowest BCUT2D eigenvalue weighted by Gasteiger charge is -2.12. The number of carbonyl (C=O) groups is 1. The lowest BCUT2D eigenvalue weighted by Crippen LogP contribution is -2.27. The molecular weight excluding hydrogens is 246 g/mol. The molecule has 0 aliphatic heterocycles. The molecule has 0 aliphatic rings. The molecule has 2 aromatic rings. The van der Waals surface area contributed by atoms with Gasteiger partial charge in [0, 0.05) is 19.0 Å². The van der Waals surface area contributed by atoms with Crippen molar-refractivity contribution in [2.75, 3.05) is 7.05 Å². The molecule has 0 aromatic carbocycles. The third-order valence-corrected chi connectivity index (χ3v) is 2.66. The maximum atomic E-state index is 12.1. The van der Waals surface area contributed by atoms with Crippen LogP contribution < -0.4 is 0 Å². The molecule has 0 atom stereocenters. The minimum absolute atomic E-state index is 0.173. The van der Waals surface area contributed by atoms with E-state index < -0.39 is 0 Å². The smallest absolute Gasteiger partial charge is 0.293 e. The van der Waals surface area contributed by atoms with Crippen LogP contribution in [0.15, 0.2) is 10.6 Å². The third-order valence-electron chi connectivity index (χ3n) is 2.66. The van der Waals surface area contributed by atoms with Crippen molar-refractivity contribution >= 4 is 5.91 Å². The summed E-state index contributed by atoms with van der Waals surface area (Å²) in [4.78, 5) is 17.8. The maximum absolute atomic E-state index is 12.1. The first-order chi connectivity index (χ1) is 8.97. The third kappa shape index (κ3) is 2.98. The summed E-state index contributed by atoms with van der Waals surface area (Å²) < 4.78 is 4.96. The largest absolute Gasteiger partial charge is 0.361 e. The van der Waals surface area contributed by atoms with E-state index >= 15 is 0 Å².